The monoisotopic (exact) mass is 750 g/mol. The van der Waals surface area contributed by atoms with E-state index in [0.717, 1.165) is 84.2 Å². The molecule has 0 heterocycles. The van der Waals surface area contributed by atoms with Crippen molar-refractivity contribution in [1.82, 2.24) is 0 Å². The van der Waals surface area contributed by atoms with Crippen molar-refractivity contribution in [2.24, 2.45) is 17.8 Å². The Labute approximate surface area is 325 Å². The zero-order valence-electron chi connectivity index (χ0n) is 32.6. The Morgan fingerprint density at radius 1 is 0.455 bits per heavy atom. The Morgan fingerprint density at radius 2 is 0.964 bits per heavy atom. The van der Waals surface area contributed by atoms with Gasteiger partial charge in [-0.05, 0) is 138 Å². The van der Waals surface area contributed by atoms with Crippen LogP contribution in [0.3, 0.4) is 0 Å². The Kier molecular flexibility index (Phi) is 14.0. The van der Waals surface area contributed by atoms with Crippen LogP contribution in [0.1, 0.15) is 114 Å². The van der Waals surface area contributed by atoms with E-state index in [4.69, 9.17) is 0 Å². The molecule has 2 saturated carbocycles. The third-order valence-electron chi connectivity index (χ3n) is 12.3. The highest BCUT2D eigenvalue weighted by molar-refractivity contribution is 5.71. The number of halogens is 5. The molecular formula is C50H55F5. The highest BCUT2D eigenvalue weighted by Gasteiger charge is 2.31. The van der Waals surface area contributed by atoms with Gasteiger partial charge in [-0.25, -0.2) is 22.0 Å². The van der Waals surface area contributed by atoms with Crippen LogP contribution in [0.15, 0.2) is 97.1 Å². The highest BCUT2D eigenvalue weighted by Crippen LogP contribution is 2.45. The summed E-state index contributed by atoms with van der Waals surface area (Å²) in [5, 5.41) is 0. The molecule has 5 aromatic rings. The topological polar surface area (TPSA) is 0 Å². The molecule has 0 aliphatic heterocycles. The number of rotatable bonds is 10. The van der Waals surface area contributed by atoms with E-state index in [0.29, 0.717) is 11.5 Å². The maximum absolute atomic E-state index is 14.8. The van der Waals surface area contributed by atoms with Crippen LogP contribution in [0, 0.1) is 46.8 Å². The summed E-state index contributed by atoms with van der Waals surface area (Å²) < 4.78 is 69.7. The predicted octanol–water partition coefficient (Wildman–Crippen LogP) is 15.5. The summed E-state index contributed by atoms with van der Waals surface area (Å²) in [6.45, 7) is 6.57. The number of hydrogen-bond acceptors (Lipinski definition) is 0. The van der Waals surface area contributed by atoms with Gasteiger partial charge >= 0.3 is 0 Å². The summed E-state index contributed by atoms with van der Waals surface area (Å²) in [6, 6.07) is 28.7. The molecule has 0 saturated heterocycles. The second-order valence-corrected chi connectivity index (χ2v) is 15.9. The van der Waals surface area contributed by atoms with Gasteiger partial charge in [-0.1, -0.05) is 126 Å². The lowest BCUT2D eigenvalue weighted by molar-refractivity contribution is 0.156. The van der Waals surface area contributed by atoms with Crippen molar-refractivity contribution in [3.8, 4) is 33.4 Å². The van der Waals surface area contributed by atoms with Gasteiger partial charge in [0.2, 0.25) is 0 Å². The average Bonchev–Trinajstić information content (AvgIpc) is 3.21. The lowest BCUT2D eigenvalue weighted by Crippen LogP contribution is -2.25. The van der Waals surface area contributed by atoms with Crippen molar-refractivity contribution < 1.29 is 22.0 Å². The third kappa shape index (κ3) is 10.1. The van der Waals surface area contributed by atoms with Crippen molar-refractivity contribution >= 4 is 0 Å². The maximum Gasteiger partial charge on any atom is 0.194 e. The molecule has 0 unspecified atom stereocenters. The fraction of sp³-hybridized carbons (Fsp3) is 0.400. The molecule has 5 aromatic carbocycles. The van der Waals surface area contributed by atoms with Crippen molar-refractivity contribution in [2.45, 2.75) is 110 Å². The summed E-state index contributed by atoms with van der Waals surface area (Å²) in [4.78, 5) is 0. The van der Waals surface area contributed by atoms with E-state index >= 15 is 0 Å². The molecule has 2 aliphatic carbocycles. The molecule has 0 nitrogen and oxygen atoms in total. The molecule has 0 N–H and O–H groups in total. The second kappa shape index (κ2) is 19.1. The first-order valence-electron chi connectivity index (χ1n) is 20.6. The molecule has 55 heavy (non-hydrogen) atoms. The summed E-state index contributed by atoms with van der Waals surface area (Å²) in [7, 11) is 0. The second-order valence-electron chi connectivity index (χ2n) is 15.9. The summed E-state index contributed by atoms with van der Waals surface area (Å²) in [5.41, 5.74) is 7.22. The van der Waals surface area contributed by atoms with Crippen molar-refractivity contribution in [2.75, 3.05) is 0 Å². The quantitative estimate of drug-likeness (QED) is 0.0985. The molecule has 0 amide bonds. The fourth-order valence-electron chi connectivity index (χ4n) is 9.01. The van der Waals surface area contributed by atoms with E-state index in [1.165, 1.54) is 68.6 Å². The molecule has 0 radical (unpaired) electrons. The fourth-order valence-corrected chi connectivity index (χ4v) is 9.01. The molecule has 2 aliphatic rings. The smallest absolute Gasteiger partial charge is 0.194 e. The van der Waals surface area contributed by atoms with E-state index < -0.39 is 23.3 Å². The van der Waals surface area contributed by atoms with Gasteiger partial charge in [0.15, 0.2) is 17.5 Å². The minimum absolute atomic E-state index is 0.0165. The SMILES string of the molecule is CCCC1CCC(C2CCC(c3ccc(-c4cc(F)c(F)c(F)c4)c(F)c3)CC2)CC1.CCCc1ccc(-c2ccc(-c3ccc(CC)cc3)c(F)c2)cc1. The van der Waals surface area contributed by atoms with Gasteiger partial charge in [-0.2, -0.15) is 0 Å². The first-order valence-corrected chi connectivity index (χ1v) is 20.6. The van der Waals surface area contributed by atoms with E-state index in [2.05, 4.69) is 57.2 Å². The van der Waals surface area contributed by atoms with Crippen LogP contribution in [-0.4, -0.2) is 0 Å². The number of aryl methyl sites for hydroxylation is 2. The Hall–Kier alpha value is -4.25. The van der Waals surface area contributed by atoms with Gasteiger partial charge in [-0.15, -0.1) is 0 Å². The van der Waals surface area contributed by atoms with Crippen LogP contribution in [-0.2, 0) is 12.8 Å². The van der Waals surface area contributed by atoms with E-state index in [1.807, 2.05) is 30.3 Å². The van der Waals surface area contributed by atoms with Gasteiger partial charge in [0.25, 0.3) is 0 Å². The van der Waals surface area contributed by atoms with E-state index in [-0.39, 0.29) is 16.9 Å². The van der Waals surface area contributed by atoms with Crippen molar-refractivity contribution in [3.05, 3.63) is 143 Å². The number of hydrogen-bond donors (Lipinski definition) is 0. The first kappa shape index (κ1) is 40.4. The highest BCUT2D eigenvalue weighted by atomic mass is 19.2. The van der Waals surface area contributed by atoms with E-state index in [9.17, 15) is 22.0 Å². The molecule has 2 fully saturated rings. The lowest BCUT2D eigenvalue weighted by Gasteiger charge is -2.38. The van der Waals surface area contributed by atoms with Crippen LogP contribution in [0.4, 0.5) is 22.0 Å². The van der Waals surface area contributed by atoms with Crippen molar-refractivity contribution in [1.29, 1.82) is 0 Å². The third-order valence-corrected chi connectivity index (χ3v) is 12.3. The number of benzene rings is 5. The largest absolute Gasteiger partial charge is 0.206 e. The standard InChI is InChI=1S/C27H32F4.C23H23F/c1-2-3-17-4-6-18(7-5-17)19-8-10-20(11-9-19)21-12-13-23(24(28)14-21)22-15-25(29)27(31)26(30)16-22;1-3-5-18-8-10-19(11-9-18)21-14-15-22(23(24)16-21)20-12-6-17(4-2)7-13-20/h12-20H,2-11H2,1H3;6-16H,3-5H2,1-2H3. The van der Waals surface area contributed by atoms with Gasteiger partial charge in [-0.3, -0.25) is 0 Å². The van der Waals surface area contributed by atoms with Crippen LogP contribution in [0.25, 0.3) is 33.4 Å². The average molecular weight is 751 g/mol. The summed E-state index contributed by atoms with van der Waals surface area (Å²) in [5.74, 6) is -1.91. The van der Waals surface area contributed by atoms with Gasteiger partial charge in [0.05, 0.1) is 0 Å². The van der Waals surface area contributed by atoms with Gasteiger partial charge < -0.3 is 0 Å². The molecule has 0 spiro atoms. The molecule has 0 aromatic heterocycles. The maximum atomic E-state index is 14.8. The van der Waals surface area contributed by atoms with Crippen LogP contribution in [0.5, 0.6) is 0 Å². The van der Waals surface area contributed by atoms with E-state index in [1.54, 1.807) is 12.1 Å². The molecule has 5 heteroatoms. The zero-order chi connectivity index (χ0) is 38.9. The normalized spacial score (nSPS) is 19.8. The zero-order valence-corrected chi connectivity index (χ0v) is 32.6. The summed E-state index contributed by atoms with van der Waals surface area (Å²) >= 11 is 0. The first-order chi connectivity index (χ1) is 26.7. The van der Waals surface area contributed by atoms with Crippen molar-refractivity contribution in [3.63, 3.8) is 0 Å². The molecule has 290 valence electrons. The van der Waals surface area contributed by atoms with Gasteiger partial charge in [0.1, 0.15) is 11.6 Å². The minimum atomic E-state index is -1.53. The molecule has 0 atom stereocenters. The Bertz CT molecular complexity index is 1960. The van der Waals surface area contributed by atoms with Crippen LogP contribution >= 0.6 is 0 Å². The van der Waals surface area contributed by atoms with Crippen LogP contribution < -0.4 is 0 Å². The van der Waals surface area contributed by atoms with Gasteiger partial charge in [0, 0.05) is 11.1 Å². The molecular weight excluding hydrogens is 696 g/mol. The molecule has 7 rings (SSSR count). The lowest BCUT2D eigenvalue weighted by atomic mass is 9.68. The Morgan fingerprint density at radius 3 is 1.53 bits per heavy atom. The molecule has 0 bridgehead atoms. The van der Waals surface area contributed by atoms with Crippen LogP contribution in [0.2, 0.25) is 0 Å². The minimum Gasteiger partial charge on any atom is -0.206 e. The predicted molar refractivity (Wildman–Crippen MR) is 217 cm³/mol. The summed E-state index contributed by atoms with van der Waals surface area (Å²) in [6.07, 6.45) is 15.9. The Balaban J connectivity index is 0.000000193.